The summed E-state index contributed by atoms with van der Waals surface area (Å²) in [7, 11) is 0.754. The molecule has 27 nitrogen and oxygen atoms in total. The van der Waals surface area contributed by atoms with Crippen LogP contribution >= 0.6 is 0 Å². The Balaban J connectivity index is 1.91. The van der Waals surface area contributed by atoms with Gasteiger partial charge in [-0.2, -0.15) is 0 Å². The largest absolute Gasteiger partial charge is 0.415 e. The highest BCUT2D eigenvalue weighted by atomic mass is 32.2. The van der Waals surface area contributed by atoms with Crippen LogP contribution in [0.5, 0.6) is 5.75 Å². The predicted octanol–water partition coefficient (Wildman–Crippen LogP) is -5.34. The molecule has 0 aliphatic carbocycles. The Labute approximate surface area is 423 Å². The lowest BCUT2D eigenvalue weighted by Gasteiger charge is -2.29. The minimum atomic E-state index is -2.45. The second kappa shape index (κ2) is 27.3. The van der Waals surface area contributed by atoms with Crippen LogP contribution in [-0.4, -0.2) is 202 Å². The van der Waals surface area contributed by atoms with E-state index in [1.165, 1.54) is 42.0 Å². The number of primary amides is 1. The van der Waals surface area contributed by atoms with E-state index in [9.17, 15) is 67.5 Å². The quantitative estimate of drug-likeness (QED) is 0.0704. The average molecular weight is 1050 g/mol. The number of likely N-dealkylation sites (tertiary alicyclic amines) is 1. The standard InChI is InChI=1S/C45H68N12O15S/c1-7-22(2)37-41(67)49-17-35(63)51-32(40(66)53-31(16-34(46)62)44(69)57-12-10-25(60)19-57)21-73(71)43-28(27-9-8-26(14-29(27)54-43)72-45(70)56(6)13-11-47-5)15-30(39(65)48-18-36(64)55-37)52-42(68)38(50-24(4)59)23(3)33(61)20-58/h8-9,14,22-23,25,30-33,37-38,47,54,58,60-61H,7,10-13,15-21H2,1-6H3,(H2,46,62)(H,48,65)(H,49,67)(H,50,59)(H,51,63)(H,52,68)(H,53,66)(H,55,64)/t22-,23-,25+,30+,31-,32-,33-,37-,38-,73?/m0/s1. The van der Waals surface area contributed by atoms with Gasteiger partial charge in [-0.05, 0) is 37.1 Å². The van der Waals surface area contributed by atoms with E-state index in [4.69, 9.17) is 10.5 Å². The van der Waals surface area contributed by atoms with E-state index in [1.807, 2.05) is 0 Å². The van der Waals surface area contributed by atoms with Gasteiger partial charge in [-0.3, -0.25) is 47.4 Å². The number of aromatic nitrogens is 1. The lowest BCUT2D eigenvalue weighted by molar-refractivity contribution is -0.138. The van der Waals surface area contributed by atoms with Gasteiger partial charge in [0.15, 0.2) is 0 Å². The zero-order chi connectivity index (χ0) is 54.3. The van der Waals surface area contributed by atoms with Crippen molar-refractivity contribution in [3.05, 3.63) is 23.8 Å². The summed E-state index contributed by atoms with van der Waals surface area (Å²) >= 11 is 0. The molecule has 10 atom stereocenters. The molecular formula is C45H68N12O15S. The normalized spacial score (nSPS) is 22.3. The van der Waals surface area contributed by atoms with E-state index in [-0.39, 0.29) is 53.3 Å². The number of ether oxygens (including phenoxy) is 1. The minimum Gasteiger partial charge on any atom is -0.410 e. The first-order valence-corrected chi connectivity index (χ1v) is 25.0. The molecule has 1 aromatic heterocycles. The summed E-state index contributed by atoms with van der Waals surface area (Å²) in [6, 6.07) is -3.74. The van der Waals surface area contributed by atoms with Crippen molar-refractivity contribution in [2.45, 2.75) is 101 Å². The molecule has 404 valence electrons. The number of carbonyl (C=O) groups is 10. The Kier molecular flexibility index (Phi) is 22.0. The number of benzene rings is 1. The fourth-order valence-corrected chi connectivity index (χ4v) is 9.33. The summed E-state index contributed by atoms with van der Waals surface area (Å²) in [5, 5.41) is 50.5. The highest BCUT2D eigenvalue weighted by Crippen LogP contribution is 2.30. The highest BCUT2D eigenvalue weighted by molar-refractivity contribution is 7.85. The third kappa shape index (κ3) is 16.6. The molecule has 0 radical (unpaired) electrons. The van der Waals surface area contributed by atoms with Crippen LogP contribution in [0.2, 0.25) is 0 Å². The van der Waals surface area contributed by atoms with E-state index in [1.54, 1.807) is 20.9 Å². The fourth-order valence-electron chi connectivity index (χ4n) is 7.93. The van der Waals surface area contributed by atoms with Crippen molar-refractivity contribution in [1.29, 1.82) is 0 Å². The summed E-state index contributed by atoms with van der Waals surface area (Å²) in [5.41, 5.74) is 5.66. The number of nitrogens with zero attached hydrogens (tertiary/aromatic N) is 2. The molecule has 0 spiro atoms. The van der Waals surface area contributed by atoms with Gasteiger partial charge in [0, 0.05) is 63.9 Å². The number of hydrogen-bond acceptors (Lipinski definition) is 16. The smallest absolute Gasteiger partial charge is 0.410 e. The van der Waals surface area contributed by atoms with Gasteiger partial charge in [0.1, 0.15) is 41.0 Å². The van der Waals surface area contributed by atoms with Gasteiger partial charge in [-0.15, -0.1) is 0 Å². The van der Waals surface area contributed by atoms with Crippen LogP contribution in [0.4, 0.5) is 4.79 Å². The monoisotopic (exact) mass is 1050 g/mol. The number of aromatic amines is 1. The maximum atomic E-state index is 14.9. The van der Waals surface area contributed by atoms with Crippen molar-refractivity contribution in [2.24, 2.45) is 17.6 Å². The first-order chi connectivity index (χ1) is 34.5. The van der Waals surface area contributed by atoms with Crippen LogP contribution in [0.25, 0.3) is 10.9 Å². The molecule has 3 heterocycles. The molecule has 2 aliphatic rings. The fraction of sp³-hybridized carbons (Fsp3) is 0.600. The number of likely N-dealkylation sites (N-methyl/N-ethyl adjacent to an activating group) is 2. The van der Waals surface area contributed by atoms with Crippen molar-refractivity contribution >= 4 is 81.0 Å². The van der Waals surface area contributed by atoms with Gasteiger partial charge in [0.2, 0.25) is 53.2 Å². The van der Waals surface area contributed by atoms with Crippen LogP contribution in [0, 0.1) is 11.8 Å². The molecule has 4 rings (SSSR count). The van der Waals surface area contributed by atoms with Crippen LogP contribution in [0.15, 0.2) is 23.2 Å². The van der Waals surface area contributed by atoms with Crippen LogP contribution < -0.4 is 53.0 Å². The molecule has 1 aromatic carbocycles. The summed E-state index contributed by atoms with van der Waals surface area (Å²) < 4.78 is 20.5. The zero-order valence-corrected chi connectivity index (χ0v) is 42.4. The maximum absolute atomic E-state index is 14.9. The molecule has 73 heavy (non-hydrogen) atoms. The first-order valence-electron chi connectivity index (χ1n) is 23.6. The number of rotatable bonds is 17. The van der Waals surface area contributed by atoms with E-state index in [0.29, 0.717) is 13.0 Å². The van der Waals surface area contributed by atoms with Crippen molar-refractivity contribution in [2.75, 3.05) is 65.7 Å². The zero-order valence-electron chi connectivity index (χ0n) is 41.5. The van der Waals surface area contributed by atoms with Crippen molar-refractivity contribution in [1.82, 2.24) is 57.3 Å². The summed E-state index contributed by atoms with van der Waals surface area (Å²) in [4.78, 5) is 140. The number of hydrogen-bond donors (Lipinski definition) is 13. The van der Waals surface area contributed by atoms with Crippen LogP contribution in [0.1, 0.15) is 52.5 Å². The molecule has 2 aliphatic heterocycles. The molecular weight excluding hydrogens is 981 g/mol. The number of nitrogens with two attached hydrogens (primary N) is 1. The van der Waals surface area contributed by atoms with E-state index in [0.717, 1.165) is 6.92 Å². The van der Waals surface area contributed by atoms with Gasteiger partial charge in [-0.1, -0.05) is 27.2 Å². The van der Waals surface area contributed by atoms with E-state index < -0.39 is 163 Å². The van der Waals surface area contributed by atoms with Crippen molar-refractivity contribution in [3.63, 3.8) is 0 Å². The maximum Gasteiger partial charge on any atom is 0.415 e. The molecule has 0 saturated carbocycles. The minimum absolute atomic E-state index is 0.00517. The summed E-state index contributed by atoms with van der Waals surface area (Å²) in [5.74, 6) is -10.8. The number of amides is 10. The van der Waals surface area contributed by atoms with Gasteiger partial charge in [0.05, 0.1) is 60.4 Å². The molecule has 10 amide bonds. The predicted molar refractivity (Wildman–Crippen MR) is 260 cm³/mol. The average Bonchev–Trinajstić information content (AvgIpc) is 3.95. The lowest BCUT2D eigenvalue weighted by atomic mass is 9.94. The molecule has 28 heteroatoms. The molecule has 0 bridgehead atoms. The third-order valence-corrected chi connectivity index (χ3v) is 13.8. The number of nitrogens with one attached hydrogen (secondary N) is 9. The van der Waals surface area contributed by atoms with E-state index >= 15 is 0 Å². The van der Waals surface area contributed by atoms with Gasteiger partial charge < -0.3 is 83.1 Å². The molecule has 2 aromatic rings. The summed E-state index contributed by atoms with van der Waals surface area (Å²) in [6.45, 7) is 4.18. The number of β-amino-alcohol motifs (C(OH)–C–C–N with tert-alkyl or cyclic N) is 1. The number of aliphatic hydroxyl groups is 3. The van der Waals surface area contributed by atoms with Gasteiger partial charge in [-0.25, -0.2) is 4.79 Å². The van der Waals surface area contributed by atoms with Crippen LogP contribution in [0.3, 0.4) is 0 Å². The highest BCUT2D eigenvalue weighted by Gasteiger charge is 2.38. The number of carbonyl (C=O) groups excluding carboxylic acids is 10. The molecule has 1 saturated heterocycles. The topological polar surface area (TPSA) is 402 Å². The lowest BCUT2D eigenvalue weighted by Crippen LogP contribution is -2.59. The van der Waals surface area contributed by atoms with Crippen molar-refractivity contribution < 1.29 is 72.2 Å². The SMILES string of the molecule is CC[C@H](C)[C@@H]1NC(=O)CNC(=O)[C@H](NC(=O)[C@@H](NC(C)=O)[C@@H](C)[C@@H](O)CO)Cc2c([nH]c3cc(OC(=O)N(C)CCNC)ccc23)S(=O)C[C@@H](C(=O)N[C@@H](CC(N)=O)C(=O)N2CC[C@@H](O)C2)NC(=O)CNC1=O. The first kappa shape index (κ1) is 58.8. The summed E-state index contributed by atoms with van der Waals surface area (Å²) in [6.07, 6.45) is -3.85. The van der Waals surface area contributed by atoms with Crippen LogP contribution in [-0.2, 0) is 60.4 Å². The third-order valence-electron chi connectivity index (χ3n) is 12.4. The Bertz CT molecular complexity index is 2400. The molecule has 1 unspecified atom stereocenters. The Morgan fingerprint density at radius 2 is 1.68 bits per heavy atom. The second-order valence-electron chi connectivity index (χ2n) is 18.0. The molecule has 14 N–H and O–H groups in total. The number of aliphatic hydroxyl groups excluding tert-OH is 3. The van der Waals surface area contributed by atoms with Gasteiger partial charge in [0.25, 0.3) is 0 Å². The van der Waals surface area contributed by atoms with E-state index in [2.05, 4.69) is 47.5 Å². The number of H-pyrrole nitrogens is 1. The van der Waals surface area contributed by atoms with Crippen molar-refractivity contribution in [3.8, 4) is 5.75 Å². The Hall–Kier alpha value is -6.75. The van der Waals surface area contributed by atoms with Gasteiger partial charge >= 0.3 is 6.09 Å². The Morgan fingerprint density at radius 3 is 2.29 bits per heavy atom. The number of fused-ring (bicyclic) bond motifs is 3. The molecule has 1 fully saturated rings. The Morgan fingerprint density at radius 1 is 1.01 bits per heavy atom. The second-order valence-corrected chi connectivity index (χ2v) is 19.5.